The first-order valence-electron chi connectivity index (χ1n) is 6.74. The Morgan fingerprint density at radius 2 is 2.18 bits per heavy atom. The third kappa shape index (κ3) is 4.67. The van der Waals surface area contributed by atoms with Crippen LogP contribution in [0.1, 0.15) is 26.2 Å². The zero-order valence-corrected chi connectivity index (χ0v) is 11.6. The summed E-state index contributed by atoms with van der Waals surface area (Å²) in [5, 5.41) is 3.63. The molecule has 1 aliphatic heterocycles. The molecule has 0 aromatic heterocycles. The fourth-order valence-electron chi connectivity index (χ4n) is 2.60. The van der Waals surface area contributed by atoms with Crippen LogP contribution in [-0.2, 0) is 0 Å². The Balaban J connectivity index is 2.51. The molecular weight excluding hydrogens is 210 g/mol. The Hall–Kier alpha value is -0.560. The molecule has 17 heavy (non-hydrogen) atoms. The van der Waals surface area contributed by atoms with E-state index in [4.69, 9.17) is 6.42 Å². The molecule has 3 heteroatoms. The number of terminal acetylenes is 1. The van der Waals surface area contributed by atoms with E-state index in [0.717, 1.165) is 32.5 Å². The Kier molecular flexibility index (Phi) is 6.57. The van der Waals surface area contributed by atoms with E-state index >= 15 is 0 Å². The summed E-state index contributed by atoms with van der Waals surface area (Å²) in [6.45, 7) is 6.72. The maximum absolute atomic E-state index is 5.33. The number of likely N-dealkylation sites (N-methyl/N-ethyl adjacent to an activating group) is 3. The van der Waals surface area contributed by atoms with Gasteiger partial charge in [-0.1, -0.05) is 6.92 Å². The predicted molar refractivity (Wildman–Crippen MR) is 74.1 cm³/mol. The normalized spacial score (nSPS) is 24.5. The van der Waals surface area contributed by atoms with E-state index < -0.39 is 0 Å². The second-order valence-corrected chi connectivity index (χ2v) is 5.07. The Morgan fingerprint density at radius 1 is 1.41 bits per heavy atom. The van der Waals surface area contributed by atoms with E-state index in [1.54, 1.807) is 0 Å². The van der Waals surface area contributed by atoms with Gasteiger partial charge in [0.2, 0.25) is 0 Å². The lowest BCUT2D eigenvalue weighted by Gasteiger charge is -2.42. The van der Waals surface area contributed by atoms with Crippen molar-refractivity contribution in [1.29, 1.82) is 0 Å². The van der Waals surface area contributed by atoms with Crippen LogP contribution in [0.4, 0.5) is 0 Å². The standard InChI is InChI=1S/C14H27N3/c1-5-7-8-9-13(15-6-2)14-12-16(3)10-11-17(14)4/h1,13-15H,6-12H2,2-4H3. The summed E-state index contributed by atoms with van der Waals surface area (Å²) < 4.78 is 0. The highest BCUT2D eigenvalue weighted by Crippen LogP contribution is 2.14. The van der Waals surface area contributed by atoms with Crippen molar-refractivity contribution in [2.45, 2.75) is 38.3 Å². The second kappa shape index (κ2) is 7.71. The minimum atomic E-state index is 0.570. The number of hydrogen-bond acceptors (Lipinski definition) is 3. The van der Waals surface area contributed by atoms with Gasteiger partial charge in [-0.05, 0) is 33.5 Å². The lowest BCUT2D eigenvalue weighted by Crippen LogP contribution is -2.58. The lowest BCUT2D eigenvalue weighted by atomic mass is 9.98. The van der Waals surface area contributed by atoms with Crippen molar-refractivity contribution < 1.29 is 0 Å². The average molecular weight is 237 g/mol. The molecule has 1 aliphatic rings. The summed E-state index contributed by atoms with van der Waals surface area (Å²) in [6.07, 6.45) is 8.53. The van der Waals surface area contributed by atoms with Gasteiger partial charge in [-0.3, -0.25) is 4.90 Å². The van der Waals surface area contributed by atoms with Gasteiger partial charge in [-0.2, -0.15) is 0 Å². The van der Waals surface area contributed by atoms with Crippen LogP contribution in [0.3, 0.4) is 0 Å². The SMILES string of the molecule is C#CCCCC(NCC)C1CN(C)CCN1C. The van der Waals surface area contributed by atoms with Gasteiger partial charge in [-0.25, -0.2) is 0 Å². The van der Waals surface area contributed by atoms with Gasteiger partial charge in [0, 0.05) is 38.1 Å². The Labute approximate surface area is 107 Å². The van der Waals surface area contributed by atoms with Crippen LogP contribution < -0.4 is 5.32 Å². The van der Waals surface area contributed by atoms with Crippen LogP contribution in [-0.4, -0.2) is 62.2 Å². The molecule has 0 radical (unpaired) electrons. The van der Waals surface area contributed by atoms with Crippen molar-refractivity contribution in [1.82, 2.24) is 15.1 Å². The van der Waals surface area contributed by atoms with Gasteiger partial charge in [0.1, 0.15) is 0 Å². The molecule has 2 atom stereocenters. The van der Waals surface area contributed by atoms with Crippen LogP contribution in [0.15, 0.2) is 0 Å². The zero-order valence-electron chi connectivity index (χ0n) is 11.6. The van der Waals surface area contributed by atoms with Crippen molar-refractivity contribution in [3.05, 3.63) is 0 Å². The van der Waals surface area contributed by atoms with E-state index in [-0.39, 0.29) is 0 Å². The first-order valence-corrected chi connectivity index (χ1v) is 6.74. The van der Waals surface area contributed by atoms with Gasteiger partial charge >= 0.3 is 0 Å². The molecule has 1 heterocycles. The first-order chi connectivity index (χ1) is 8.19. The van der Waals surface area contributed by atoms with E-state index in [0.29, 0.717) is 12.1 Å². The first kappa shape index (κ1) is 14.5. The van der Waals surface area contributed by atoms with Crippen LogP contribution in [0.2, 0.25) is 0 Å². The topological polar surface area (TPSA) is 18.5 Å². The number of nitrogens with one attached hydrogen (secondary N) is 1. The second-order valence-electron chi connectivity index (χ2n) is 5.07. The van der Waals surface area contributed by atoms with Gasteiger partial charge in [0.25, 0.3) is 0 Å². The number of hydrogen-bond donors (Lipinski definition) is 1. The summed E-state index contributed by atoms with van der Waals surface area (Å²) in [7, 11) is 4.45. The highest BCUT2D eigenvalue weighted by atomic mass is 15.3. The summed E-state index contributed by atoms with van der Waals surface area (Å²) in [4.78, 5) is 4.92. The molecule has 0 aliphatic carbocycles. The summed E-state index contributed by atoms with van der Waals surface area (Å²) in [5.74, 6) is 2.74. The fourth-order valence-corrected chi connectivity index (χ4v) is 2.60. The zero-order chi connectivity index (χ0) is 12.7. The van der Waals surface area contributed by atoms with Gasteiger partial charge in [0.15, 0.2) is 0 Å². The number of piperazine rings is 1. The van der Waals surface area contributed by atoms with Crippen LogP contribution in [0, 0.1) is 12.3 Å². The molecular formula is C14H27N3. The molecule has 1 rings (SSSR count). The molecule has 1 N–H and O–H groups in total. The van der Waals surface area contributed by atoms with Gasteiger partial charge < -0.3 is 10.2 Å². The summed E-state index contributed by atoms with van der Waals surface area (Å²) in [6, 6.07) is 1.19. The smallest absolute Gasteiger partial charge is 0.0373 e. The molecule has 0 aromatic rings. The minimum Gasteiger partial charge on any atom is -0.313 e. The van der Waals surface area contributed by atoms with Crippen molar-refractivity contribution in [3.63, 3.8) is 0 Å². The van der Waals surface area contributed by atoms with Gasteiger partial charge in [0.05, 0.1) is 0 Å². The number of nitrogens with zero attached hydrogens (tertiary/aromatic N) is 2. The van der Waals surface area contributed by atoms with Crippen molar-refractivity contribution in [3.8, 4) is 12.3 Å². The molecule has 0 amide bonds. The lowest BCUT2D eigenvalue weighted by molar-refractivity contribution is 0.0852. The molecule has 1 saturated heterocycles. The van der Waals surface area contributed by atoms with Crippen LogP contribution >= 0.6 is 0 Å². The molecule has 0 aromatic carbocycles. The highest BCUT2D eigenvalue weighted by molar-refractivity contribution is 4.90. The molecule has 1 fully saturated rings. The molecule has 0 spiro atoms. The summed E-state index contributed by atoms with van der Waals surface area (Å²) >= 11 is 0. The third-order valence-electron chi connectivity index (χ3n) is 3.67. The minimum absolute atomic E-state index is 0.570. The van der Waals surface area contributed by atoms with E-state index in [9.17, 15) is 0 Å². The maximum Gasteiger partial charge on any atom is 0.0373 e. The monoisotopic (exact) mass is 237 g/mol. The number of rotatable bonds is 6. The molecule has 3 nitrogen and oxygen atoms in total. The maximum atomic E-state index is 5.33. The molecule has 98 valence electrons. The Bertz CT molecular complexity index is 246. The van der Waals surface area contributed by atoms with E-state index in [1.165, 1.54) is 13.0 Å². The molecule has 0 saturated carbocycles. The fraction of sp³-hybridized carbons (Fsp3) is 0.857. The quantitative estimate of drug-likeness (QED) is 0.549. The van der Waals surface area contributed by atoms with E-state index in [1.807, 2.05) is 0 Å². The van der Waals surface area contributed by atoms with Crippen molar-refractivity contribution >= 4 is 0 Å². The highest BCUT2D eigenvalue weighted by Gasteiger charge is 2.28. The Morgan fingerprint density at radius 3 is 2.82 bits per heavy atom. The molecule has 0 bridgehead atoms. The van der Waals surface area contributed by atoms with Crippen LogP contribution in [0.5, 0.6) is 0 Å². The van der Waals surface area contributed by atoms with Gasteiger partial charge in [-0.15, -0.1) is 12.3 Å². The van der Waals surface area contributed by atoms with Crippen molar-refractivity contribution in [2.24, 2.45) is 0 Å². The predicted octanol–water partition coefficient (Wildman–Crippen LogP) is 1.01. The van der Waals surface area contributed by atoms with Crippen LogP contribution in [0.25, 0.3) is 0 Å². The summed E-state index contributed by atoms with van der Waals surface area (Å²) in [5.41, 5.74) is 0. The largest absolute Gasteiger partial charge is 0.313 e. The average Bonchev–Trinajstić information content (AvgIpc) is 2.32. The number of unbranched alkanes of at least 4 members (excludes halogenated alkanes) is 1. The third-order valence-corrected chi connectivity index (χ3v) is 3.67. The molecule has 2 unspecified atom stereocenters. The van der Waals surface area contributed by atoms with Crippen molar-refractivity contribution in [2.75, 3.05) is 40.3 Å². The van der Waals surface area contributed by atoms with E-state index in [2.05, 4.69) is 42.1 Å².